The van der Waals surface area contributed by atoms with Crippen molar-refractivity contribution in [2.24, 2.45) is 0 Å². The van der Waals surface area contributed by atoms with Crippen LogP contribution < -0.4 is 0 Å². The predicted octanol–water partition coefficient (Wildman–Crippen LogP) is 11.7. The summed E-state index contributed by atoms with van der Waals surface area (Å²) in [6.07, 6.45) is -33.9. The SMILES string of the molecule is FC(F)(F)C(F)(F)C(F)(F)C(F)(F)C(F)(F)C(F)(F)C(F)(F)C1(OC2(C(F)(F)C(F)(F)C(F)(F)C(F)(F)C(F)(F)C(F)(F)C(F)(F)F)OC2(F)C(F)(F)F)OC1(F)C(F)(F)F. The molecule has 4 unspecified atom stereocenters. The predicted molar refractivity (Wildman–Crippen MR) is 100.0 cm³/mol. The van der Waals surface area contributed by atoms with Crippen molar-refractivity contribution in [1.29, 1.82) is 0 Å². The normalized spacial score (nSPS) is 28.0. The van der Waals surface area contributed by atoms with Crippen LogP contribution in [0.4, 0.5) is 167 Å². The molecule has 2 fully saturated rings. The summed E-state index contributed by atoms with van der Waals surface area (Å²) in [4.78, 5) is 0. The molecule has 0 radical (unpaired) electrons. The number of rotatable bonds is 14. The molecule has 0 amide bonds. The van der Waals surface area contributed by atoms with Gasteiger partial charge in [0.05, 0.1) is 0 Å². The third-order valence-electron chi connectivity index (χ3n) is 7.83. The fourth-order valence-corrected chi connectivity index (χ4v) is 4.22. The van der Waals surface area contributed by atoms with Crippen LogP contribution in [-0.2, 0) is 14.2 Å². The van der Waals surface area contributed by atoms with Crippen LogP contribution in [0.3, 0.4) is 0 Å². The van der Waals surface area contributed by atoms with Crippen LogP contribution in [0.2, 0.25) is 0 Å². The fourth-order valence-electron chi connectivity index (χ4n) is 4.22. The molecular weight excluding hydrogens is 1010 g/mol. The largest absolute Gasteiger partial charge is 0.460 e. The molecule has 0 bridgehead atoms. The monoisotopic (exact) mass is 1010 g/mol. The quantitative estimate of drug-likeness (QED) is 0.128. The van der Waals surface area contributed by atoms with Crippen molar-refractivity contribution in [3.63, 3.8) is 0 Å². The number of ether oxygens (including phenoxy) is 3. The van der Waals surface area contributed by atoms with Crippen molar-refractivity contribution in [3.8, 4) is 0 Å². The first kappa shape index (κ1) is 54.4. The molecule has 4 atom stereocenters. The molecule has 0 spiro atoms. The average Bonchev–Trinajstić information content (AvgIpc) is 3.85. The van der Waals surface area contributed by atoms with Crippen molar-refractivity contribution in [2.75, 3.05) is 0 Å². The minimum atomic E-state index is -10.0. The van der Waals surface area contributed by atoms with Gasteiger partial charge >= 0.3 is 119 Å². The standard InChI is InChI=1S/C20F38O3/c21-1(22,3(25,26)7(33,34)11(41,42)17(47,48)49)5(29,30)9(37,38)15(13(45,59-15)19(53,54)55)61-16(14(46,60-16)20(56,57)58)10(39,40)6(31,32)2(23,24)4(27,28)8(35,36)12(43,44)18(50,51)52. The zero-order valence-electron chi connectivity index (χ0n) is 25.6. The Morgan fingerprint density at radius 1 is 0.246 bits per heavy atom. The van der Waals surface area contributed by atoms with Gasteiger partial charge in [0, 0.05) is 0 Å². The first-order chi connectivity index (χ1) is 25.6. The van der Waals surface area contributed by atoms with Gasteiger partial charge in [0.2, 0.25) is 0 Å². The van der Waals surface area contributed by atoms with E-state index in [2.05, 4.69) is 0 Å². The van der Waals surface area contributed by atoms with Crippen molar-refractivity contribution in [1.82, 2.24) is 0 Å². The number of hydrogen-bond acceptors (Lipinski definition) is 3. The van der Waals surface area contributed by atoms with Crippen LogP contribution in [0.15, 0.2) is 0 Å². The number of epoxide rings is 2. The first-order valence-corrected chi connectivity index (χ1v) is 12.9. The third-order valence-corrected chi connectivity index (χ3v) is 7.83. The second-order valence-electron chi connectivity index (χ2n) is 11.6. The molecular formula is C20F38O3. The highest BCUT2D eigenvalue weighted by molar-refractivity contribution is 5.29. The van der Waals surface area contributed by atoms with Crippen LogP contribution in [0.1, 0.15) is 0 Å². The molecule has 2 aliphatic heterocycles. The van der Waals surface area contributed by atoms with E-state index in [4.69, 9.17) is 0 Å². The van der Waals surface area contributed by atoms with Gasteiger partial charge in [-0.2, -0.15) is 167 Å². The van der Waals surface area contributed by atoms with Gasteiger partial charge in [0.15, 0.2) is 0 Å². The van der Waals surface area contributed by atoms with E-state index in [0.29, 0.717) is 0 Å². The minimum absolute atomic E-state index is 1.58. The Bertz CT molecular complexity index is 1570. The molecule has 2 saturated heterocycles. The molecule has 41 heteroatoms. The Labute approximate surface area is 301 Å². The maximum absolute atomic E-state index is 15.0. The Hall–Kier alpha value is -2.78. The second-order valence-corrected chi connectivity index (χ2v) is 11.6. The summed E-state index contributed by atoms with van der Waals surface area (Å²) < 4.78 is 524. The topological polar surface area (TPSA) is 34.3 Å². The van der Waals surface area contributed by atoms with Gasteiger partial charge in [-0.3, -0.25) is 14.2 Å². The van der Waals surface area contributed by atoms with Crippen molar-refractivity contribution >= 4 is 0 Å². The molecule has 0 aromatic heterocycles. The number of halogens is 38. The smallest absolute Gasteiger partial charge is 0.296 e. The van der Waals surface area contributed by atoms with E-state index in [1.54, 1.807) is 14.2 Å². The van der Waals surface area contributed by atoms with Crippen molar-refractivity contribution in [2.45, 2.75) is 119 Å². The van der Waals surface area contributed by atoms with Gasteiger partial charge in [0.25, 0.3) is 0 Å². The van der Waals surface area contributed by atoms with Crippen LogP contribution in [0.25, 0.3) is 0 Å². The zero-order chi connectivity index (χ0) is 50.1. The van der Waals surface area contributed by atoms with E-state index in [-0.39, 0.29) is 0 Å². The summed E-state index contributed by atoms with van der Waals surface area (Å²) in [6, 6.07) is 0. The molecule has 3 nitrogen and oxygen atoms in total. The van der Waals surface area contributed by atoms with Gasteiger partial charge in [0.1, 0.15) is 0 Å². The fraction of sp³-hybridized carbons (Fsp3) is 1.00. The molecule has 2 rings (SSSR count). The number of alkyl halides is 38. The highest BCUT2D eigenvalue weighted by atomic mass is 19.5. The molecule has 0 saturated carbocycles. The lowest BCUT2D eigenvalue weighted by molar-refractivity contribution is -0.474. The summed E-state index contributed by atoms with van der Waals surface area (Å²) in [7, 11) is 0. The summed E-state index contributed by atoms with van der Waals surface area (Å²) in [5.41, 5.74) is 0. The Balaban J connectivity index is 3.16. The maximum Gasteiger partial charge on any atom is 0.460 e. The summed E-state index contributed by atoms with van der Waals surface area (Å²) in [5, 5.41) is 0. The van der Waals surface area contributed by atoms with Gasteiger partial charge in [-0.05, 0) is 0 Å². The molecule has 0 aliphatic carbocycles. The van der Waals surface area contributed by atoms with E-state index < -0.39 is 119 Å². The van der Waals surface area contributed by atoms with E-state index in [1.807, 2.05) is 0 Å². The van der Waals surface area contributed by atoms with Gasteiger partial charge < -0.3 is 0 Å². The molecule has 0 N–H and O–H groups in total. The van der Waals surface area contributed by atoms with Crippen LogP contribution in [0, 0.1) is 0 Å². The average molecular weight is 1010 g/mol. The second kappa shape index (κ2) is 12.5. The minimum Gasteiger partial charge on any atom is -0.296 e. The molecule has 61 heavy (non-hydrogen) atoms. The van der Waals surface area contributed by atoms with E-state index >= 15 is 0 Å². The Morgan fingerprint density at radius 3 is 0.557 bits per heavy atom. The van der Waals surface area contributed by atoms with Crippen molar-refractivity contribution in [3.05, 3.63) is 0 Å². The number of hydrogen-bond donors (Lipinski definition) is 0. The summed E-state index contributed by atoms with van der Waals surface area (Å²) >= 11 is 0. The van der Waals surface area contributed by atoms with Crippen LogP contribution in [0.5, 0.6) is 0 Å². The highest BCUT2D eigenvalue weighted by Gasteiger charge is 3.10. The molecule has 0 aromatic rings. The van der Waals surface area contributed by atoms with Crippen LogP contribution in [-0.4, -0.2) is 119 Å². The third kappa shape index (κ3) is 5.81. The summed E-state index contributed by atoms with van der Waals surface area (Å²) in [6.45, 7) is 0. The Morgan fingerprint density at radius 2 is 0.410 bits per heavy atom. The molecule has 2 heterocycles. The summed E-state index contributed by atoms with van der Waals surface area (Å²) in [5.74, 6) is -150. The van der Waals surface area contributed by atoms with Gasteiger partial charge in [-0.25, -0.2) is 0 Å². The van der Waals surface area contributed by atoms with Crippen LogP contribution >= 0.6 is 0 Å². The Kier molecular flexibility index (Phi) is 11.2. The molecule has 364 valence electrons. The zero-order valence-corrected chi connectivity index (χ0v) is 25.6. The van der Waals surface area contributed by atoms with Gasteiger partial charge in [-0.15, -0.1) is 0 Å². The lowest BCUT2D eigenvalue weighted by Crippen LogP contribution is -2.77. The molecule has 0 aromatic carbocycles. The van der Waals surface area contributed by atoms with Crippen molar-refractivity contribution < 1.29 is 181 Å². The van der Waals surface area contributed by atoms with E-state index in [9.17, 15) is 167 Å². The highest BCUT2D eigenvalue weighted by Crippen LogP contribution is 2.78. The first-order valence-electron chi connectivity index (χ1n) is 12.9. The molecule has 2 aliphatic rings. The van der Waals surface area contributed by atoms with Gasteiger partial charge in [-0.1, -0.05) is 0 Å². The maximum atomic E-state index is 15.0. The van der Waals surface area contributed by atoms with E-state index in [1.165, 1.54) is 0 Å². The van der Waals surface area contributed by atoms with E-state index in [0.717, 1.165) is 0 Å². The lowest BCUT2D eigenvalue weighted by Gasteiger charge is -2.44. The lowest BCUT2D eigenvalue weighted by atomic mass is 9.86.